The van der Waals surface area contributed by atoms with Crippen LogP contribution in [-0.2, 0) is 52.7 Å². The third-order valence-corrected chi connectivity index (χ3v) is 9.64. The minimum atomic E-state index is -1.70. The third kappa shape index (κ3) is 23.9. The Morgan fingerprint density at radius 1 is 0.734 bits per heavy atom. The largest absolute Gasteiger partial charge is 0.481 e. The Morgan fingerprint density at radius 3 is 1.94 bits per heavy atom. The lowest BCUT2D eigenvalue weighted by Crippen LogP contribution is -2.56. The Morgan fingerprint density at radius 2 is 1.36 bits per heavy atom. The van der Waals surface area contributed by atoms with Crippen molar-refractivity contribution in [2.75, 3.05) is 32.8 Å². The van der Waals surface area contributed by atoms with Gasteiger partial charge >= 0.3 is 17.9 Å². The van der Waals surface area contributed by atoms with Crippen molar-refractivity contribution in [1.82, 2.24) is 48.1 Å². The molecule has 1 fully saturated rings. The Hall–Kier alpha value is -6.11. The normalized spacial score (nSPS) is 15.5. The lowest BCUT2D eigenvalue weighted by molar-refractivity contribution is -0.149. The lowest BCUT2D eigenvalue weighted by atomic mass is 10.0. The van der Waals surface area contributed by atoms with Gasteiger partial charge in [-0.15, -0.1) is 0 Å². The van der Waals surface area contributed by atoms with E-state index in [-0.39, 0.29) is 37.9 Å². The second-order valence-corrected chi connectivity index (χ2v) is 15.6. The number of nitrogens with one attached hydrogen (secondary N) is 9. The summed E-state index contributed by atoms with van der Waals surface area (Å²) in [6.45, 7) is 5.88. The van der Waals surface area contributed by atoms with Crippen LogP contribution in [0.5, 0.6) is 0 Å². The van der Waals surface area contributed by atoms with Gasteiger partial charge in [-0.3, -0.25) is 48.8 Å². The number of aliphatic carboxylic acids is 2. The summed E-state index contributed by atoms with van der Waals surface area (Å²) in [7, 11) is 0. The summed E-state index contributed by atoms with van der Waals surface area (Å²) in [5.41, 5.74) is 15.6. The summed E-state index contributed by atoms with van der Waals surface area (Å²) in [6.07, 6.45) is 5.33. The highest BCUT2D eigenvalue weighted by atomic mass is 16.5. The maximum absolute atomic E-state index is 13.3. The molecule has 0 saturated carbocycles. The number of esters is 1. The standard InChI is InChI=1S/C39H68N12O13/c1-5-6-7-8-9-10-17-64-38(63)27(48-30(54)20-44-33(57)23(4)46-35(59)24-13-11-15-42-24)18-28(52)51-50-25(14-12-16-43-39(40)41)34(58)45-21-29(53)47-26(19-31(55)56)36(60)49-32(22(2)3)37(61)62/h22-27,32,42,50H,5-21H2,1-4H3,(H,44,57)(H,45,58)(H,46,59)(H,47,53)(H,48,54)(H,49,60)(H,51,52)(H,55,56)(H,61,62)(H4,40,41,43)/t23-,24-,25-,26-,27-,32-/m0/s1. The Bertz CT molecular complexity index is 1620. The summed E-state index contributed by atoms with van der Waals surface area (Å²) < 4.78 is 5.36. The van der Waals surface area contributed by atoms with Gasteiger partial charge in [0.1, 0.15) is 30.2 Å². The summed E-state index contributed by atoms with van der Waals surface area (Å²) in [5, 5.41) is 35.7. The molecule has 0 aromatic rings. The van der Waals surface area contributed by atoms with Crippen molar-refractivity contribution in [2.45, 2.75) is 141 Å². The van der Waals surface area contributed by atoms with E-state index in [4.69, 9.17) is 16.2 Å². The molecule has 7 amide bonds. The van der Waals surface area contributed by atoms with Crippen molar-refractivity contribution in [3.05, 3.63) is 0 Å². The average molecular weight is 913 g/mol. The van der Waals surface area contributed by atoms with Crippen molar-refractivity contribution in [1.29, 1.82) is 0 Å². The molecule has 1 rings (SSSR count). The van der Waals surface area contributed by atoms with Crippen LogP contribution in [0.3, 0.4) is 0 Å². The number of carbonyl (C=O) groups is 10. The average Bonchev–Trinajstić information content (AvgIpc) is 3.78. The number of nitrogens with two attached hydrogens (primary N) is 2. The maximum atomic E-state index is 13.3. The topological polar surface area (TPSA) is 393 Å². The molecule has 0 aromatic heterocycles. The first kappa shape index (κ1) is 55.9. The number of nitrogens with zero attached hydrogens (tertiary/aromatic N) is 1. The minimum absolute atomic E-state index is 0.00907. The summed E-state index contributed by atoms with van der Waals surface area (Å²) in [4.78, 5) is 130. The number of carboxylic acid groups (broad SMARTS) is 2. The molecule has 0 spiro atoms. The quantitative estimate of drug-likeness (QED) is 0.0102. The Kier molecular flexibility index (Phi) is 27.0. The number of ether oxygens (including phenoxy) is 1. The highest BCUT2D eigenvalue weighted by Gasteiger charge is 2.31. The molecule has 0 unspecified atom stereocenters. The van der Waals surface area contributed by atoms with Crippen LogP contribution < -0.4 is 59.5 Å². The van der Waals surface area contributed by atoms with Crippen LogP contribution in [0.25, 0.3) is 0 Å². The Labute approximate surface area is 371 Å². The first-order chi connectivity index (χ1) is 30.2. The fourth-order valence-corrected chi connectivity index (χ4v) is 6.07. The zero-order valence-electron chi connectivity index (χ0n) is 37.0. The number of rotatable bonds is 32. The number of guanidine groups is 1. The number of unbranched alkanes of at least 4 members (excludes halogenated alkanes) is 5. The van der Waals surface area contributed by atoms with E-state index in [0.29, 0.717) is 19.4 Å². The van der Waals surface area contributed by atoms with Crippen LogP contribution in [0.1, 0.15) is 105 Å². The van der Waals surface area contributed by atoms with Crippen LogP contribution in [0.15, 0.2) is 4.99 Å². The third-order valence-electron chi connectivity index (χ3n) is 9.64. The maximum Gasteiger partial charge on any atom is 0.329 e. The number of aliphatic imine (C=N–C) groups is 1. The van der Waals surface area contributed by atoms with Crippen LogP contribution in [-0.4, -0.2) is 144 Å². The SMILES string of the molecule is CCCCCCCCOC(=O)[C@H](CC(=O)NN[C@@H](CCCN=C(N)N)C(=O)NCC(=O)N[C@@H](CC(=O)O)C(=O)N[C@H](C(=O)O)C(C)C)NC(=O)CNC(=O)[C@H](C)NC(=O)[C@@H]1CCCN1. The van der Waals surface area contributed by atoms with Gasteiger partial charge in [0.2, 0.25) is 41.4 Å². The molecule has 0 bridgehead atoms. The monoisotopic (exact) mass is 913 g/mol. The zero-order chi connectivity index (χ0) is 48.2. The van der Waals surface area contributed by atoms with Gasteiger partial charge in [0.25, 0.3) is 0 Å². The van der Waals surface area contributed by atoms with Crippen LogP contribution in [0.2, 0.25) is 0 Å². The van der Waals surface area contributed by atoms with E-state index in [1.807, 2.05) is 0 Å². The second kappa shape index (κ2) is 30.9. The molecule has 64 heavy (non-hydrogen) atoms. The fraction of sp³-hybridized carbons (Fsp3) is 0.718. The molecular formula is C39H68N12O13. The summed E-state index contributed by atoms with van der Waals surface area (Å²) >= 11 is 0. The fourth-order valence-electron chi connectivity index (χ4n) is 6.07. The van der Waals surface area contributed by atoms with Gasteiger partial charge in [0.05, 0.1) is 38.6 Å². The summed E-state index contributed by atoms with van der Waals surface area (Å²) in [6, 6.07) is -7.32. The number of hydrazine groups is 1. The van der Waals surface area contributed by atoms with Gasteiger partial charge in [-0.05, 0) is 51.5 Å². The van der Waals surface area contributed by atoms with E-state index in [2.05, 4.69) is 60.0 Å². The predicted octanol–water partition coefficient (Wildman–Crippen LogP) is -3.52. The van der Waals surface area contributed by atoms with Gasteiger partial charge in [0, 0.05) is 6.54 Å². The van der Waals surface area contributed by atoms with Crippen molar-refractivity contribution in [3.8, 4) is 0 Å². The Balaban J connectivity index is 3.01. The van der Waals surface area contributed by atoms with E-state index >= 15 is 0 Å². The van der Waals surface area contributed by atoms with Crippen molar-refractivity contribution in [2.24, 2.45) is 22.4 Å². The van der Waals surface area contributed by atoms with Crippen molar-refractivity contribution < 1.29 is 62.9 Å². The molecule has 1 aliphatic heterocycles. The first-order valence-electron chi connectivity index (χ1n) is 21.4. The van der Waals surface area contributed by atoms with E-state index in [0.717, 1.165) is 38.5 Å². The van der Waals surface area contributed by atoms with Crippen molar-refractivity contribution >= 4 is 65.2 Å². The molecule has 0 aromatic carbocycles. The highest BCUT2D eigenvalue weighted by Crippen LogP contribution is 2.08. The van der Waals surface area contributed by atoms with Gasteiger partial charge in [-0.25, -0.2) is 15.0 Å². The smallest absolute Gasteiger partial charge is 0.329 e. The first-order valence-corrected chi connectivity index (χ1v) is 21.4. The molecule has 1 aliphatic rings. The van der Waals surface area contributed by atoms with E-state index in [1.165, 1.54) is 20.8 Å². The van der Waals surface area contributed by atoms with E-state index in [1.54, 1.807) is 0 Å². The van der Waals surface area contributed by atoms with Gasteiger partial charge in [-0.1, -0.05) is 52.9 Å². The molecule has 25 nitrogen and oxygen atoms in total. The molecule has 15 N–H and O–H groups in total. The zero-order valence-corrected chi connectivity index (χ0v) is 37.0. The minimum Gasteiger partial charge on any atom is -0.481 e. The van der Waals surface area contributed by atoms with Crippen molar-refractivity contribution in [3.63, 3.8) is 0 Å². The van der Waals surface area contributed by atoms with Gasteiger partial charge in [-0.2, -0.15) is 0 Å². The van der Waals surface area contributed by atoms with Gasteiger partial charge in [0.15, 0.2) is 5.96 Å². The van der Waals surface area contributed by atoms with Gasteiger partial charge < -0.3 is 63.6 Å². The lowest BCUT2D eigenvalue weighted by Gasteiger charge is -2.23. The van der Waals surface area contributed by atoms with E-state index < -0.39 is 121 Å². The van der Waals surface area contributed by atoms with Crippen LogP contribution in [0, 0.1) is 5.92 Å². The van der Waals surface area contributed by atoms with Crippen LogP contribution >= 0.6 is 0 Å². The number of hydrogen-bond donors (Lipinski definition) is 13. The molecule has 1 heterocycles. The molecule has 0 radical (unpaired) electrons. The number of amides is 7. The molecule has 6 atom stereocenters. The summed E-state index contributed by atoms with van der Waals surface area (Å²) in [5.74, 6) is -10.4. The molecule has 25 heteroatoms. The molecule has 1 saturated heterocycles. The molecule has 362 valence electrons. The predicted molar refractivity (Wildman–Crippen MR) is 229 cm³/mol. The van der Waals surface area contributed by atoms with Crippen LogP contribution in [0.4, 0.5) is 0 Å². The highest BCUT2D eigenvalue weighted by molar-refractivity contribution is 5.95. The number of hydrogen-bond acceptors (Lipinski definition) is 14. The number of carboxylic acids is 2. The molecular weight excluding hydrogens is 844 g/mol. The van der Waals surface area contributed by atoms with E-state index in [9.17, 15) is 58.2 Å². The number of carbonyl (C=O) groups excluding carboxylic acids is 8. The molecule has 0 aliphatic carbocycles. The second-order valence-electron chi connectivity index (χ2n) is 15.6.